The number of amidine groups is 1. The number of amides is 1. The van der Waals surface area contributed by atoms with Gasteiger partial charge in [-0.05, 0) is 59.8 Å². The van der Waals surface area contributed by atoms with Crippen LogP contribution in [0, 0.1) is 0 Å². The maximum Gasteiger partial charge on any atom is 0.335 e. The average molecular weight is 380 g/mol. The number of phenols is 1. The maximum absolute atomic E-state index is 12.7. The molecule has 1 aliphatic rings. The van der Waals surface area contributed by atoms with E-state index in [1.807, 2.05) is 0 Å². The molecule has 136 valence electrons. The Kier molecular flexibility index (Phi) is 5.42. The first-order valence-electron chi connectivity index (χ1n) is 8.01. The van der Waals surface area contributed by atoms with Crippen molar-refractivity contribution in [2.75, 3.05) is 6.54 Å². The number of hydrogen-bond acceptors (Lipinski definition) is 5. The SMILES string of the molecule is C=CCN1C(=O)/C(=C/c2ccc(C(=O)O)cc2)SC1=Nc1ccc(O)cc1. The lowest BCUT2D eigenvalue weighted by molar-refractivity contribution is -0.121. The minimum Gasteiger partial charge on any atom is -0.508 e. The molecule has 1 saturated heterocycles. The van der Waals surface area contributed by atoms with E-state index in [1.54, 1.807) is 36.4 Å². The summed E-state index contributed by atoms with van der Waals surface area (Å²) in [7, 11) is 0. The molecular weight excluding hydrogens is 364 g/mol. The second-order valence-corrected chi connectivity index (χ2v) is 6.66. The zero-order chi connectivity index (χ0) is 19.4. The molecule has 0 aliphatic carbocycles. The van der Waals surface area contributed by atoms with Gasteiger partial charge < -0.3 is 10.2 Å². The van der Waals surface area contributed by atoms with Gasteiger partial charge in [0.1, 0.15) is 5.75 Å². The second kappa shape index (κ2) is 7.92. The molecule has 0 aromatic heterocycles. The van der Waals surface area contributed by atoms with Gasteiger partial charge in [-0.15, -0.1) is 6.58 Å². The van der Waals surface area contributed by atoms with Gasteiger partial charge in [0, 0.05) is 6.54 Å². The van der Waals surface area contributed by atoms with Crippen LogP contribution in [0.3, 0.4) is 0 Å². The van der Waals surface area contributed by atoms with Crippen molar-refractivity contribution in [2.24, 2.45) is 4.99 Å². The van der Waals surface area contributed by atoms with E-state index in [4.69, 9.17) is 5.11 Å². The van der Waals surface area contributed by atoms with Crippen LogP contribution >= 0.6 is 11.8 Å². The highest BCUT2D eigenvalue weighted by Gasteiger charge is 2.32. The molecule has 2 aromatic rings. The Bertz CT molecular complexity index is 947. The number of carboxylic acid groups (broad SMARTS) is 1. The Morgan fingerprint density at radius 1 is 1.15 bits per heavy atom. The normalized spacial score (nSPS) is 16.9. The van der Waals surface area contributed by atoms with Gasteiger partial charge in [0.15, 0.2) is 5.17 Å². The van der Waals surface area contributed by atoms with Gasteiger partial charge >= 0.3 is 5.97 Å². The summed E-state index contributed by atoms with van der Waals surface area (Å²) in [4.78, 5) is 30.1. The molecule has 2 aromatic carbocycles. The van der Waals surface area contributed by atoms with Gasteiger partial charge in [0.05, 0.1) is 16.2 Å². The number of carbonyl (C=O) groups excluding carboxylic acids is 1. The van der Waals surface area contributed by atoms with Crippen LogP contribution in [0.1, 0.15) is 15.9 Å². The summed E-state index contributed by atoms with van der Waals surface area (Å²) in [6, 6.07) is 12.7. The number of thioether (sulfide) groups is 1. The van der Waals surface area contributed by atoms with E-state index in [9.17, 15) is 14.7 Å². The smallest absolute Gasteiger partial charge is 0.335 e. The molecule has 0 unspecified atom stereocenters. The molecule has 1 amide bonds. The molecule has 1 heterocycles. The van der Waals surface area contributed by atoms with Crippen molar-refractivity contribution in [1.82, 2.24) is 4.90 Å². The number of hydrogen-bond donors (Lipinski definition) is 2. The highest BCUT2D eigenvalue weighted by atomic mass is 32.2. The van der Waals surface area contributed by atoms with Crippen LogP contribution in [-0.2, 0) is 4.79 Å². The largest absolute Gasteiger partial charge is 0.508 e. The third-order valence-corrected chi connectivity index (χ3v) is 4.74. The summed E-state index contributed by atoms with van der Waals surface area (Å²) in [5.41, 5.74) is 1.52. The second-order valence-electron chi connectivity index (χ2n) is 5.65. The molecule has 0 bridgehead atoms. The quantitative estimate of drug-likeness (QED) is 0.607. The van der Waals surface area contributed by atoms with Crippen LogP contribution in [0.5, 0.6) is 5.75 Å². The average Bonchev–Trinajstić information content (AvgIpc) is 2.93. The Balaban J connectivity index is 1.91. The van der Waals surface area contributed by atoms with Gasteiger partial charge in [-0.1, -0.05) is 18.2 Å². The predicted molar refractivity (Wildman–Crippen MR) is 106 cm³/mol. The van der Waals surface area contributed by atoms with E-state index in [0.717, 1.165) is 5.56 Å². The van der Waals surface area contributed by atoms with E-state index in [0.29, 0.717) is 22.3 Å². The number of phenolic OH excluding ortho intramolecular Hbond substituents is 1. The van der Waals surface area contributed by atoms with Crippen molar-refractivity contribution in [3.8, 4) is 5.75 Å². The van der Waals surface area contributed by atoms with Gasteiger partial charge in [-0.25, -0.2) is 9.79 Å². The first-order chi connectivity index (χ1) is 13.0. The number of rotatable bonds is 5. The van der Waals surface area contributed by atoms with Crippen LogP contribution in [0.4, 0.5) is 5.69 Å². The van der Waals surface area contributed by atoms with Crippen molar-refractivity contribution in [1.29, 1.82) is 0 Å². The van der Waals surface area contributed by atoms with E-state index in [-0.39, 0.29) is 17.2 Å². The Morgan fingerprint density at radius 3 is 2.41 bits per heavy atom. The van der Waals surface area contributed by atoms with Gasteiger partial charge in [0.25, 0.3) is 5.91 Å². The summed E-state index contributed by atoms with van der Waals surface area (Å²) in [6.45, 7) is 4.00. The van der Waals surface area contributed by atoms with E-state index in [2.05, 4.69) is 11.6 Å². The predicted octanol–water partition coefficient (Wildman–Crippen LogP) is 3.88. The number of benzene rings is 2. The van der Waals surface area contributed by atoms with Gasteiger partial charge in [0.2, 0.25) is 0 Å². The van der Waals surface area contributed by atoms with Crippen molar-refractivity contribution in [3.05, 3.63) is 77.2 Å². The third kappa shape index (κ3) is 4.27. The molecule has 6 nitrogen and oxygen atoms in total. The Morgan fingerprint density at radius 2 is 1.81 bits per heavy atom. The van der Waals surface area contributed by atoms with E-state index < -0.39 is 5.97 Å². The molecule has 0 saturated carbocycles. The van der Waals surface area contributed by atoms with Gasteiger partial charge in [-0.2, -0.15) is 0 Å². The summed E-state index contributed by atoms with van der Waals surface area (Å²) < 4.78 is 0. The summed E-state index contributed by atoms with van der Waals surface area (Å²) >= 11 is 1.23. The van der Waals surface area contributed by atoms with Crippen molar-refractivity contribution < 1.29 is 19.8 Å². The lowest BCUT2D eigenvalue weighted by atomic mass is 10.1. The van der Waals surface area contributed by atoms with E-state index >= 15 is 0 Å². The minimum absolute atomic E-state index is 0.141. The number of aromatic hydroxyl groups is 1. The highest BCUT2D eigenvalue weighted by molar-refractivity contribution is 8.18. The third-order valence-electron chi connectivity index (χ3n) is 3.73. The summed E-state index contributed by atoms with van der Waals surface area (Å²) in [5, 5.41) is 18.9. The molecule has 0 spiro atoms. The van der Waals surface area contributed by atoms with Crippen molar-refractivity contribution in [2.45, 2.75) is 0 Å². The van der Waals surface area contributed by atoms with Crippen molar-refractivity contribution in [3.63, 3.8) is 0 Å². The number of aliphatic imine (C=N–C) groups is 1. The molecule has 3 rings (SSSR count). The molecule has 1 fully saturated rings. The monoisotopic (exact) mass is 380 g/mol. The molecule has 0 atom stereocenters. The first kappa shape index (κ1) is 18.5. The van der Waals surface area contributed by atoms with Crippen LogP contribution in [0.2, 0.25) is 0 Å². The fourth-order valence-corrected chi connectivity index (χ4v) is 3.40. The standard InChI is InChI=1S/C20H16N2O4S/c1-2-11-22-18(24)17(12-13-3-5-14(6-4-13)19(25)26)27-20(22)21-15-7-9-16(23)10-8-15/h2-10,12,23H,1,11H2,(H,25,26)/b17-12-,21-20?. The lowest BCUT2D eigenvalue weighted by Gasteiger charge is -2.12. The molecular formula is C20H16N2O4S. The van der Waals surface area contributed by atoms with Crippen LogP contribution in [0.25, 0.3) is 6.08 Å². The van der Waals surface area contributed by atoms with Crippen LogP contribution in [0.15, 0.2) is 71.1 Å². The Hall–Kier alpha value is -3.32. The van der Waals surface area contributed by atoms with Crippen LogP contribution < -0.4 is 0 Å². The molecule has 7 heteroatoms. The van der Waals surface area contributed by atoms with Crippen LogP contribution in [-0.4, -0.2) is 38.7 Å². The number of aromatic carboxylic acids is 1. The van der Waals surface area contributed by atoms with E-state index in [1.165, 1.54) is 40.9 Å². The number of nitrogens with zero attached hydrogens (tertiary/aromatic N) is 2. The fourth-order valence-electron chi connectivity index (χ4n) is 2.39. The molecule has 2 N–H and O–H groups in total. The zero-order valence-electron chi connectivity index (χ0n) is 14.2. The lowest BCUT2D eigenvalue weighted by Crippen LogP contribution is -2.29. The van der Waals surface area contributed by atoms with Gasteiger partial charge in [-0.3, -0.25) is 9.69 Å². The highest BCUT2D eigenvalue weighted by Crippen LogP contribution is 2.34. The Labute approximate surface area is 160 Å². The summed E-state index contributed by atoms with van der Waals surface area (Å²) in [5.74, 6) is -1.05. The number of carboxylic acids is 1. The first-order valence-corrected chi connectivity index (χ1v) is 8.83. The molecule has 27 heavy (non-hydrogen) atoms. The molecule has 0 radical (unpaired) electrons. The zero-order valence-corrected chi connectivity index (χ0v) is 15.0. The fraction of sp³-hybridized carbons (Fsp3) is 0.0500. The minimum atomic E-state index is -0.999. The van der Waals surface area contributed by atoms with Crippen molar-refractivity contribution >= 4 is 40.6 Å². The summed E-state index contributed by atoms with van der Waals surface area (Å²) in [6.07, 6.45) is 3.32. The number of carbonyl (C=O) groups is 2. The molecule has 1 aliphatic heterocycles. The maximum atomic E-state index is 12.7. The topological polar surface area (TPSA) is 90.2 Å².